The van der Waals surface area contributed by atoms with E-state index in [4.69, 9.17) is 15.7 Å². The second kappa shape index (κ2) is 5.97. The van der Waals surface area contributed by atoms with E-state index in [9.17, 15) is 0 Å². The molecule has 0 aromatic carbocycles. The molecule has 1 heterocycles. The highest BCUT2D eigenvalue weighted by atomic mass is 16.5. The quantitative estimate of drug-likeness (QED) is 0.706. The van der Waals surface area contributed by atoms with E-state index < -0.39 is 0 Å². The monoisotopic (exact) mass is 197 g/mol. The molecule has 1 aliphatic rings. The van der Waals surface area contributed by atoms with Crippen LogP contribution in [-0.2, 0) is 4.74 Å². The van der Waals surface area contributed by atoms with Gasteiger partial charge in [0.25, 0.3) is 0 Å². The minimum Gasteiger partial charge on any atom is -0.376 e. The number of hydrogen-bond donors (Lipinski definition) is 1. The first kappa shape index (κ1) is 11.4. The molecular weight excluding hydrogens is 178 g/mol. The predicted molar refractivity (Wildman–Crippen MR) is 54.7 cm³/mol. The smallest absolute Gasteiger partial charge is 0.0940 e. The molecule has 0 aliphatic carbocycles. The van der Waals surface area contributed by atoms with Gasteiger partial charge in [0.2, 0.25) is 0 Å². The van der Waals surface area contributed by atoms with Gasteiger partial charge in [0.1, 0.15) is 0 Å². The van der Waals surface area contributed by atoms with Crippen molar-refractivity contribution in [2.75, 3.05) is 26.2 Å². The number of morpholine rings is 1. The van der Waals surface area contributed by atoms with Crippen molar-refractivity contribution in [3.63, 3.8) is 0 Å². The van der Waals surface area contributed by atoms with Crippen molar-refractivity contribution in [2.45, 2.75) is 31.9 Å². The van der Waals surface area contributed by atoms with E-state index in [2.05, 4.69) is 11.8 Å². The van der Waals surface area contributed by atoms with Gasteiger partial charge in [-0.25, -0.2) is 0 Å². The van der Waals surface area contributed by atoms with Crippen LogP contribution in [0.4, 0.5) is 0 Å². The molecule has 0 saturated carbocycles. The third-order valence-corrected chi connectivity index (χ3v) is 2.60. The van der Waals surface area contributed by atoms with Crippen molar-refractivity contribution in [3.8, 4) is 6.07 Å². The highest BCUT2D eigenvalue weighted by Crippen LogP contribution is 2.08. The molecule has 2 N–H and O–H groups in total. The first-order valence-electron chi connectivity index (χ1n) is 5.25. The Morgan fingerprint density at radius 3 is 3.14 bits per heavy atom. The summed E-state index contributed by atoms with van der Waals surface area (Å²) < 4.78 is 5.55. The summed E-state index contributed by atoms with van der Waals surface area (Å²) in [5.74, 6) is 0. The Hall–Kier alpha value is -0.630. The third-order valence-electron chi connectivity index (χ3n) is 2.60. The van der Waals surface area contributed by atoms with Gasteiger partial charge in [-0.15, -0.1) is 0 Å². The molecule has 1 saturated heterocycles. The number of nitrogens with zero attached hydrogens (tertiary/aromatic N) is 2. The summed E-state index contributed by atoms with van der Waals surface area (Å²) in [6, 6.07) is 1.73. The van der Waals surface area contributed by atoms with Crippen LogP contribution in [0.1, 0.15) is 19.8 Å². The zero-order valence-electron chi connectivity index (χ0n) is 8.78. The van der Waals surface area contributed by atoms with Gasteiger partial charge in [0.15, 0.2) is 0 Å². The zero-order valence-corrected chi connectivity index (χ0v) is 8.78. The minimum absolute atomic E-state index is 0.321. The predicted octanol–water partition coefficient (Wildman–Crippen LogP) is 0.338. The molecule has 2 unspecified atom stereocenters. The molecule has 4 heteroatoms. The highest BCUT2D eigenvalue weighted by molar-refractivity contribution is 4.87. The first-order chi connectivity index (χ1) is 6.76. The second-order valence-electron chi connectivity index (χ2n) is 3.73. The van der Waals surface area contributed by atoms with Gasteiger partial charge in [0.05, 0.1) is 24.8 Å². The fourth-order valence-electron chi connectivity index (χ4n) is 1.62. The zero-order chi connectivity index (χ0) is 10.4. The van der Waals surface area contributed by atoms with Crippen LogP contribution in [-0.4, -0.2) is 43.3 Å². The number of hydrogen-bond acceptors (Lipinski definition) is 4. The van der Waals surface area contributed by atoms with Crippen molar-refractivity contribution in [1.29, 1.82) is 5.26 Å². The molecule has 0 spiro atoms. The Balaban J connectivity index is 2.21. The summed E-state index contributed by atoms with van der Waals surface area (Å²) in [7, 11) is 0. The Kier molecular flexibility index (Phi) is 4.88. The molecule has 0 amide bonds. The van der Waals surface area contributed by atoms with E-state index in [0.29, 0.717) is 6.10 Å². The molecule has 2 atom stereocenters. The molecule has 14 heavy (non-hydrogen) atoms. The van der Waals surface area contributed by atoms with Crippen LogP contribution in [0.15, 0.2) is 0 Å². The van der Waals surface area contributed by atoms with E-state index in [0.717, 1.165) is 39.1 Å². The molecule has 0 aromatic rings. The standard InChI is InChI=1S/C10H19N3O/c1-2-10-8-13(5-6-14-10)4-3-9(12)7-11/h9-10H,2-6,8,12H2,1H3. The minimum atomic E-state index is -0.321. The van der Waals surface area contributed by atoms with Crippen molar-refractivity contribution in [3.05, 3.63) is 0 Å². The van der Waals surface area contributed by atoms with Crippen LogP contribution in [0, 0.1) is 11.3 Å². The molecular formula is C10H19N3O. The number of nitriles is 1. The van der Waals surface area contributed by atoms with Crippen molar-refractivity contribution >= 4 is 0 Å². The Bertz CT molecular complexity index is 202. The Morgan fingerprint density at radius 2 is 2.50 bits per heavy atom. The molecule has 0 bridgehead atoms. The maximum absolute atomic E-state index is 8.54. The first-order valence-corrected chi connectivity index (χ1v) is 5.25. The largest absolute Gasteiger partial charge is 0.376 e. The van der Waals surface area contributed by atoms with Crippen LogP contribution < -0.4 is 5.73 Å². The number of nitrogens with two attached hydrogens (primary N) is 1. The van der Waals surface area contributed by atoms with Crippen molar-refractivity contribution in [1.82, 2.24) is 4.90 Å². The lowest BCUT2D eigenvalue weighted by atomic mass is 10.2. The SMILES string of the molecule is CCC1CN(CCC(N)C#N)CCO1. The van der Waals surface area contributed by atoms with Crippen LogP contribution in [0.3, 0.4) is 0 Å². The van der Waals surface area contributed by atoms with Gasteiger partial charge >= 0.3 is 0 Å². The molecule has 4 nitrogen and oxygen atoms in total. The van der Waals surface area contributed by atoms with Gasteiger partial charge in [0, 0.05) is 19.6 Å². The average molecular weight is 197 g/mol. The van der Waals surface area contributed by atoms with E-state index in [1.165, 1.54) is 0 Å². The topological polar surface area (TPSA) is 62.3 Å². The lowest BCUT2D eigenvalue weighted by molar-refractivity contribution is -0.0299. The van der Waals surface area contributed by atoms with E-state index in [-0.39, 0.29) is 6.04 Å². The van der Waals surface area contributed by atoms with Crippen LogP contribution in [0.25, 0.3) is 0 Å². The normalized spacial score (nSPS) is 25.6. The lowest BCUT2D eigenvalue weighted by Gasteiger charge is -2.32. The Morgan fingerprint density at radius 1 is 1.71 bits per heavy atom. The van der Waals surface area contributed by atoms with Crippen molar-refractivity contribution < 1.29 is 4.74 Å². The third kappa shape index (κ3) is 3.62. The summed E-state index contributed by atoms with van der Waals surface area (Å²) in [5.41, 5.74) is 5.54. The number of rotatable bonds is 4. The van der Waals surface area contributed by atoms with Crippen molar-refractivity contribution in [2.24, 2.45) is 5.73 Å². The van der Waals surface area contributed by atoms with Gasteiger partial charge in [-0.2, -0.15) is 5.26 Å². The van der Waals surface area contributed by atoms with E-state index >= 15 is 0 Å². The molecule has 1 fully saturated rings. The fourth-order valence-corrected chi connectivity index (χ4v) is 1.62. The summed E-state index contributed by atoms with van der Waals surface area (Å²) in [5, 5.41) is 8.54. The van der Waals surface area contributed by atoms with Gasteiger partial charge in [-0.1, -0.05) is 6.92 Å². The van der Waals surface area contributed by atoms with Gasteiger partial charge < -0.3 is 10.5 Å². The summed E-state index contributed by atoms with van der Waals surface area (Å²) in [4.78, 5) is 2.33. The van der Waals surface area contributed by atoms with E-state index in [1.807, 2.05) is 6.07 Å². The van der Waals surface area contributed by atoms with Crippen LogP contribution in [0.2, 0.25) is 0 Å². The highest BCUT2D eigenvalue weighted by Gasteiger charge is 2.18. The maximum Gasteiger partial charge on any atom is 0.0940 e. The lowest BCUT2D eigenvalue weighted by Crippen LogP contribution is -2.43. The number of ether oxygens (including phenoxy) is 1. The second-order valence-corrected chi connectivity index (χ2v) is 3.73. The van der Waals surface area contributed by atoms with Gasteiger partial charge in [-0.05, 0) is 12.8 Å². The fraction of sp³-hybridized carbons (Fsp3) is 0.900. The summed E-state index contributed by atoms with van der Waals surface area (Å²) in [6.45, 7) is 5.80. The van der Waals surface area contributed by atoms with Gasteiger partial charge in [-0.3, -0.25) is 4.90 Å². The summed E-state index contributed by atoms with van der Waals surface area (Å²) >= 11 is 0. The molecule has 1 aliphatic heterocycles. The molecule has 0 aromatic heterocycles. The van der Waals surface area contributed by atoms with E-state index in [1.54, 1.807) is 0 Å². The maximum atomic E-state index is 8.54. The Labute approximate surface area is 85.6 Å². The molecule has 80 valence electrons. The summed E-state index contributed by atoms with van der Waals surface area (Å²) in [6.07, 6.45) is 2.18. The van der Waals surface area contributed by atoms with Crippen LogP contribution >= 0.6 is 0 Å². The van der Waals surface area contributed by atoms with Crippen LogP contribution in [0.5, 0.6) is 0 Å². The molecule has 1 rings (SSSR count). The average Bonchev–Trinajstić information content (AvgIpc) is 2.26. The molecule has 0 radical (unpaired) electrons.